The van der Waals surface area contributed by atoms with Crippen molar-refractivity contribution in [2.75, 3.05) is 5.32 Å². The molecule has 0 saturated heterocycles. The number of aryl methyl sites for hydroxylation is 1. The number of rotatable bonds is 3. The predicted molar refractivity (Wildman–Crippen MR) is 76.0 cm³/mol. The number of nitrogens with one attached hydrogen (secondary N) is 1. The molecule has 0 radical (unpaired) electrons. The lowest BCUT2D eigenvalue weighted by molar-refractivity contribution is 1.05. The quantitative estimate of drug-likeness (QED) is 0.864. The van der Waals surface area contributed by atoms with Gasteiger partial charge >= 0.3 is 0 Å². The molecule has 0 unspecified atom stereocenters. The van der Waals surface area contributed by atoms with Gasteiger partial charge in [-0.3, -0.25) is 0 Å². The molecule has 0 aliphatic carbocycles. The average Bonchev–Trinajstić information content (AvgIpc) is 2.63. The average molecular weight is 362 g/mol. The Labute approximate surface area is 115 Å². The molecule has 0 bridgehead atoms. The van der Waals surface area contributed by atoms with Gasteiger partial charge in [0.1, 0.15) is 0 Å². The van der Waals surface area contributed by atoms with E-state index in [1.165, 1.54) is 0 Å². The van der Waals surface area contributed by atoms with Gasteiger partial charge in [0.05, 0.1) is 17.2 Å². The molecule has 0 saturated carbocycles. The highest BCUT2D eigenvalue weighted by molar-refractivity contribution is 9.11. The highest BCUT2D eigenvalue weighted by Crippen LogP contribution is 2.26. The normalized spacial score (nSPS) is 10.4. The van der Waals surface area contributed by atoms with E-state index in [0.29, 0.717) is 0 Å². The van der Waals surface area contributed by atoms with Crippen LogP contribution in [0.4, 0.5) is 5.69 Å². The second-order valence-electron chi connectivity index (χ2n) is 3.34. The summed E-state index contributed by atoms with van der Waals surface area (Å²) in [7, 11) is 0. The Hall–Kier alpha value is -0.390. The van der Waals surface area contributed by atoms with E-state index in [9.17, 15) is 0 Å². The van der Waals surface area contributed by atoms with Crippen LogP contribution < -0.4 is 5.32 Å². The number of halogens is 2. The standard InChI is InChI=1S/C11H10Br2N2S/c1-7-15-9(6-16-7)5-14-11-3-2-8(12)4-10(11)13/h2-4,6,14H,5H2,1H3. The van der Waals surface area contributed by atoms with Crippen LogP contribution in [0.25, 0.3) is 0 Å². The molecule has 1 heterocycles. The predicted octanol–water partition coefficient (Wildman–Crippen LogP) is 4.59. The van der Waals surface area contributed by atoms with E-state index in [1.54, 1.807) is 11.3 Å². The minimum Gasteiger partial charge on any atom is -0.378 e. The number of benzene rings is 1. The van der Waals surface area contributed by atoms with E-state index >= 15 is 0 Å². The van der Waals surface area contributed by atoms with E-state index in [-0.39, 0.29) is 0 Å². The lowest BCUT2D eigenvalue weighted by Gasteiger charge is -2.07. The van der Waals surface area contributed by atoms with Gasteiger partial charge in [-0.1, -0.05) is 15.9 Å². The van der Waals surface area contributed by atoms with Crippen molar-refractivity contribution in [3.8, 4) is 0 Å². The first-order chi connectivity index (χ1) is 7.65. The van der Waals surface area contributed by atoms with Crippen LogP contribution in [-0.4, -0.2) is 4.98 Å². The van der Waals surface area contributed by atoms with Crippen molar-refractivity contribution >= 4 is 48.9 Å². The Bertz CT molecular complexity index is 496. The molecular formula is C11H10Br2N2S. The fourth-order valence-corrected chi connectivity index (χ4v) is 3.11. The van der Waals surface area contributed by atoms with E-state index in [0.717, 1.165) is 31.9 Å². The van der Waals surface area contributed by atoms with Crippen LogP contribution in [0, 0.1) is 6.92 Å². The van der Waals surface area contributed by atoms with Gasteiger partial charge in [0, 0.05) is 20.0 Å². The maximum absolute atomic E-state index is 4.40. The third kappa shape index (κ3) is 3.06. The van der Waals surface area contributed by atoms with Gasteiger partial charge in [-0.25, -0.2) is 4.98 Å². The highest BCUT2D eigenvalue weighted by atomic mass is 79.9. The first-order valence-electron chi connectivity index (χ1n) is 4.75. The summed E-state index contributed by atoms with van der Waals surface area (Å²) in [5.41, 5.74) is 2.16. The number of hydrogen-bond acceptors (Lipinski definition) is 3. The Balaban J connectivity index is 2.04. The van der Waals surface area contributed by atoms with E-state index < -0.39 is 0 Å². The molecule has 0 fully saturated rings. The molecule has 16 heavy (non-hydrogen) atoms. The molecule has 0 aliphatic rings. The third-order valence-corrected chi connectivity index (χ3v) is 4.03. The molecule has 0 spiro atoms. The molecule has 0 amide bonds. The molecule has 84 valence electrons. The van der Waals surface area contributed by atoms with Gasteiger partial charge in [-0.15, -0.1) is 11.3 Å². The molecular weight excluding hydrogens is 352 g/mol. The number of nitrogens with zero attached hydrogens (tertiary/aromatic N) is 1. The second kappa shape index (κ2) is 5.29. The molecule has 2 rings (SSSR count). The van der Waals surface area contributed by atoms with Crippen molar-refractivity contribution in [3.05, 3.63) is 43.2 Å². The Morgan fingerprint density at radius 1 is 1.38 bits per heavy atom. The SMILES string of the molecule is Cc1nc(CNc2ccc(Br)cc2Br)cs1. The van der Waals surface area contributed by atoms with Crippen LogP contribution in [0.3, 0.4) is 0 Å². The van der Waals surface area contributed by atoms with Crippen LogP contribution in [0.15, 0.2) is 32.5 Å². The third-order valence-electron chi connectivity index (χ3n) is 2.06. The summed E-state index contributed by atoms with van der Waals surface area (Å²) in [6.45, 7) is 2.77. The largest absolute Gasteiger partial charge is 0.378 e. The van der Waals surface area contributed by atoms with E-state index in [1.807, 2.05) is 25.1 Å². The summed E-state index contributed by atoms with van der Waals surface area (Å²) >= 11 is 8.62. The fourth-order valence-electron chi connectivity index (χ4n) is 1.31. The fraction of sp³-hybridized carbons (Fsp3) is 0.182. The van der Waals surface area contributed by atoms with Crippen LogP contribution in [0.5, 0.6) is 0 Å². The molecule has 1 aromatic heterocycles. The highest BCUT2D eigenvalue weighted by Gasteiger charge is 2.02. The summed E-state index contributed by atoms with van der Waals surface area (Å²) < 4.78 is 2.11. The number of aromatic nitrogens is 1. The Kier molecular flexibility index (Phi) is 4.00. The zero-order valence-electron chi connectivity index (χ0n) is 8.63. The smallest absolute Gasteiger partial charge is 0.0898 e. The van der Waals surface area contributed by atoms with Crippen molar-refractivity contribution in [2.45, 2.75) is 13.5 Å². The maximum atomic E-state index is 4.40. The number of thiazole rings is 1. The summed E-state index contributed by atoms with van der Waals surface area (Å²) in [6, 6.07) is 6.07. The van der Waals surface area contributed by atoms with Gasteiger partial charge in [0.15, 0.2) is 0 Å². The van der Waals surface area contributed by atoms with E-state index in [2.05, 4.69) is 47.5 Å². The number of hydrogen-bond donors (Lipinski definition) is 1. The van der Waals surface area contributed by atoms with Crippen molar-refractivity contribution in [1.82, 2.24) is 4.98 Å². The van der Waals surface area contributed by atoms with Crippen molar-refractivity contribution in [2.24, 2.45) is 0 Å². The van der Waals surface area contributed by atoms with Gasteiger partial charge in [-0.05, 0) is 41.1 Å². The summed E-state index contributed by atoms with van der Waals surface area (Å²) in [5, 5.41) is 6.53. The molecule has 1 aromatic carbocycles. The zero-order chi connectivity index (χ0) is 11.5. The topological polar surface area (TPSA) is 24.9 Å². The molecule has 5 heteroatoms. The summed E-state index contributed by atoms with van der Waals surface area (Å²) in [4.78, 5) is 4.40. The molecule has 2 nitrogen and oxygen atoms in total. The van der Waals surface area contributed by atoms with Crippen molar-refractivity contribution in [3.63, 3.8) is 0 Å². The summed E-state index contributed by atoms with van der Waals surface area (Å²) in [6.07, 6.45) is 0. The maximum Gasteiger partial charge on any atom is 0.0898 e. The van der Waals surface area contributed by atoms with Crippen LogP contribution in [-0.2, 0) is 6.54 Å². The lowest BCUT2D eigenvalue weighted by atomic mass is 10.3. The minimum absolute atomic E-state index is 0.755. The van der Waals surface area contributed by atoms with E-state index in [4.69, 9.17) is 0 Å². The van der Waals surface area contributed by atoms with Gasteiger partial charge in [0.2, 0.25) is 0 Å². The first kappa shape index (κ1) is 12.1. The minimum atomic E-state index is 0.755. The van der Waals surface area contributed by atoms with Crippen LogP contribution in [0.2, 0.25) is 0 Å². The monoisotopic (exact) mass is 360 g/mol. The Morgan fingerprint density at radius 2 is 2.19 bits per heavy atom. The zero-order valence-corrected chi connectivity index (χ0v) is 12.6. The first-order valence-corrected chi connectivity index (χ1v) is 7.21. The Morgan fingerprint density at radius 3 is 2.81 bits per heavy atom. The van der Waals surface area contributed by atoms with Crippen molar-refractivity contribution in [1.29, 1.82) is 0 Å². The molecule has 0 aliphatic heterocycles. The molecule has 1 N–H and O–H groups in total. The number of anilines is 1. The lowest BCUT2D eigenvalue weighted by Crippen LogP contribution is -2.00. The molecule has 2 aromatic rings. The van der Waals surface area contributed by atoms with Gasteiger partial charge < -0.3 is 5.32 Å². The van der Waals surface area contributed by atoms with Crippen LogP contribution >= 0.6 is 43.2 Å². The molecule has 0 atom stereocenters. The van der Waals surface area contributed by atoms with Gasteiger partial charge in [0.25, 0.3) is 0 Å². The summed E-state index contributed by atoms with van der Waals surface area (Å²) in [5.74, 6) is 0. The van der Waals surface area contributed by atoms with Crippen molar-refractivity contribution < 1.29 is 0 Å². The van der Waals surface area contributed by atoms with Gasteiger partial charge in [-0.2, -0.15) is 0 Å². The van der Waals surface area contributed by atoms with Crippen LogP contribution in [0.1, 0.15) is 10.7 Å². The second-order valence-corrected chi connectivity index (χ2v) is 6.17.